The van der Waals surface area contributed by atoms with E-state index in [0.29, 0.717) is 18.2 Å². The molecule has 1 aliphatic rings. The van der Waals surface area contributed by atoms with Gasteiger partial charge >= 0.3 is 0 Å². The molecule has 0 atom stereocenters. The van der Waals surface area contributed by atoms with Gasteiger partial charge < -0.3 is 5.32 Å². The van der Waals surface area contributed by atoms with E-state index in [1.54, 1.807) is 17.0 Å². The van der Waals surface area contributed by atoms with Gasteiger partial charge in [-0.1, -0.05) is 30.3 Å². The molecule has 0 spiro atoms. The highest BCUT2D eigenvalue weighted by atomic mass is 19.1. The van der Waals surface area contributed by atoms with Crippen LogP contribution in [-0.2, 0) is 11.2 Å². The zero-order valence-corrected chi connectivity index (χ0v) is 12.0. The molecule has 5 heteroatoms. The fraction of sp³-hybridized carbons (Fsp3) is 0.176. The first kappa shape index (κ1) is 14.3. The minimum atomic E-state index is -0.295. The van der Waals surface area contributed by atoms with E-state index in [0.717, 1.165) is 6.42 Å². The molecule has 0 aromatic heterocycles. The standard InChI is InChI=1S/C17H16FN3O/c18-14-6-8-15(9-7-14)20-17-19-12-16(22)21(17)11-10-13-4-2-1-3-5-13/h1-9H,10-12H2,(H,19,20). The average molecular weight is 297 g/mol. The number of amides is 1. The lowest BCUT2D eigenvalue weighted by Crippen LogP contribution is -2.38. The Morgan fingerprint density at radius 1 is 1.09 bits per heavy atom. The second kappa shape index (κ2) is 6.39. The number of rotatable bonds is 4. The molecule has 22 heavy (non-hydrogen) atoms. The summed E-state index contributed by atoms with van der Waals surface area (Å²) >= 11 is 0. The van der Waals surface area contributed by atoms with Gasteiger partial charge in [0, 0.05) is 12.2 Å². The highest BCUT2D eigenvalue weighted by molar-refractivity contribution is 6.08. The third kappa shape index (κ3) is 3.31. The van der Waals surface area contributed by atoms with Crippen molar-refractivity contribution in [2.45, 2.75) is 6.42 Å². The molecular formula is C17H16FN3O. The molecule has 1 heterocycles. The largest absolute Gasteiger partial charge is 0.326 e. The first-order valence-corrected chi connectivity index (χ1v) is 7.14. The summed E-state index contributed by atoms with van der Waals surface area (Å²) < 4.78 is 12.9. The van der Waals surface area contributed by atoms with Crippen molar-refractivity contribution >= 4 is 17.6 Å². The third-order valence-corrected chi connectivity index (χ3v) is 3.49. The van der Waals surface area contributed by atoms with Gasteiger partial charge in [0.2, 0.25) is 5.96 Å². The number of aliphatic imine (C=N–C) groups is 1. The molecule has 2 aromatic carbocycles. The van der Waals surface area contributed by atoms with Crippen LogP contribution in [0.4, 0.5) is 10.1 Å². The molecule has 0 aliphatic carbocycles. The van der Waals surface area contributed by atoms with Crippen molar-refractivity contribution in [2.24, 2.45) is 4.99 Å². The predicted octanol–water partition coefficient (Wildman–Crippen LogP) is 2.68. The molecule has 2 aromatic rings. The lowest BCUT2D eigenvalue weighted by molar-refractivity contribution is -0.124. The van der Waals surface area contributed by atoms with E-state index >= 15 is 0 Å². The van der Waals surface area contributed by atoms with E-state index in [2.05, 4.69) is 10.3 Å². The molecule has 0 saturated carbocycles. The molecule has 0 bridgehead atoms. The quantitative estimate of drug-likeness (QED) is 0.943. The Labute approximate surface area is 128 Å². The molecule has 112 valence electrons. The van der Waals surface area contributed by atoms with Crippen molar-refractivity contribution in [3.63, 3.8) is 0 Å². The number of guanidine groups is 1. The zero-order valence-electron chi connectivity index (χ0n) is 12.0. The van der Waals surface area contributed by atoms with E-state index in [1.807, 2.05) is 30.3 Å². The smallest absolute Gasteiger partial charge is 0.251 e. The number of carbonyl (C=O) groups is 1. The molecule has 1 amide bonds. The summed E-state index contributed by atoms with van der Waals surface area (Å²) in [6.45, 7) is 0.716. The summed E-state index contributed by atoms with van der Waals surface area (Å²) in [6, 6.07) is 16.0. The van der Waals surface area contributed by atoms with E-state index < -0.39 is 0 Å². The van der Waals surface area contributed by atoms with Gasteiger partial charge in [0.15, 0.2) is 0 Å². The maximum absolute atomic E-state index is 12.9. The maximum atomic E-state index is 12.9. The third-order valence-electron chi connectivity index (χ3n) is 3.49. The van der Waals surface area contributed by atoms with E-state index in [9.17, 15) is 9.18 Å². The van der Waals surface area contributed by atoms with Crippen LogP contribution in [0.2, 0.25) is 0 Å². The van der Waals surface area contributed by atoms with E-state index in [-0.39, 0.29) is 18.3 Å². The van der Waals surface area contributed by atoms with Crippen molar-refractivity contribution in [1.82, 2.24) is 4.90 Å². The van der Waals surface area contributed by atoms with Gasteiger partial charge in [0.05, 0.1) is 0 Å². The minimum Gasteiger partial charge on any atom is -0.326 e. The van der Waals surface area contributed by atoms with Gasteiger partial charge in [-0.05, 0) is 36.2 Å². The van der Waals surface area contributed by atoms with Gasteiger partial charge in [0.1, 0.15) is 12.4 Å². The number of hydrogen-bond donors (Lipinski definition) is 1. The van der Waals surface area contributed by atoms with Crippen molar-refractivity contribution in [2.75, 3.05) is 18.4 Å². The fourth-order valence-corrected chi connectivity index (χ4v) is 2.32. The highest BCUT2D eigenvalue weighted by Gasteiger charge is 2.25. The van der Waals surface area contributed by atoms with Gasteiger partial charge in [-0.3, -0.25) is 9.69 Å². The summed E-state index contributed by atoms with van der Waals surface area (Å²) in [7, 11) is 0. The number of benzene rings is 2. The Morgan fingerprint density at radius 2 is 1.82 bits per heavy atom. The molecular weight excluding hydrogens is 281 g/mol. The molecule has 0 fully saturated rings. The molecule has 0 saturated heterocycles. The van der Waals surface area contributed by atoms with Crippen LogP contribution >= 0.6 is 0 Å². The number of carbonyl (C=O) groups excluding carboxylic acids is 1. The molecule has 3 rings (SSSR count). The molecule has 0 unspecified atom stereocenters. The lowest BCUT2D eigenvalue weighted by atomic mass is 10.1. The second-order valence-electron chi connectivity index (χ2n) is 5.05. The summed E-state index contributed by atoms with van der Waals surface area (Å²) in [6.07, 6.45) is 0.761. The van der Waals surface area contributed by atoms with Gasteiger partial charge in [-0.25, -0.2) is 9.38 Å². The number of halogens is 1. The van der Waals surface area contributed by atoms with Crippen molar-refractivity contribution < 1.29 is 9.18 Å². The monoisotopic (exact) mass is 297 g/mol. The molecule has 0 radical (unpaired) electrons. The second-order valence-corrected chi connectivity index (χ2v) is 5.05. The van der Waals surface area contributed by atoms with Crippen molar-refractivity contribution in [3.8, 4) is 0 Å². The SMILES string of the molecule is O=C1CN=C(Nc2ccc(F)cc2)N1CCc1ccccc1. The lowest BCUT2D eigenvalue weighted by Gasteiger charge is -2.19. The van der Waals surface area contributed by atoms with E-state index in [4.69, 9.17) is 0 Å². The van der Waals surface area contributed by atoms with Gasteiger partial charge in [-0.15, -0.1) is 0 Å². The van der Waals surface area contributed by atoms with Crippen LogP contribution in [0, 0.1) is 5.82 Å². The summed E-state index contributed by atoms with van der Waals surface area (Å²) in [5.74, 6) is 0.198. The first-order chi connectivity index (χ1) is 10.7. The van der Waals surface area contributed by atoms with Crippen LogP contribution in [-0.4, -0.2) is 29.9 Å². The van der Waals surface area contributed by atoms with Crippen molar-refractivity contribution in [3.05, 3.63) is 66.0 Å². The van der Waals surface area contributed by atoms with Crippen LogP contribution in [0.5, 0.6) is 0 Å². The minimum absolute atomic E-state index is 0.0273. The average Bonchev–Trinajstić information content (AvgIpc) is 2.89. The van der Waals surface area contributed by atoms with Gasteiger partial charge in [0.25, 0.3) is 5.91 Å². The topological polar surface area (TPSA) is 44.7 Å². The molecule has 1 aliphatic heterocycles. The molecule has 4 nitrogen and oxygen atoms in total. The number of anilines is 1. The van der Waals surface area contributed by atoms with Gasteiger partial charge in [-0.2, -0.15) is 0 Å². The summed E-state index contributed by atoms with van der Waals surface area (Å²) in [5, 5.41) is 3.07. The normalized spacial score (nSPS) is 14.1. The van der Waals surface area contributed by atoms with Crippen LogP contribution < -0.4 is 5.32 Å². The first-order valence-electron chi connectivity index (χ1n) is 7.14. The number of nitrogens with zero attached hydrogens (tertiary/aromatic N) is 2. The van der Waals surface area contributed by atoms with Crippen LogP contribution in [0.25, 0.3) is 0 Å². The van der Waals surface area contributed by atoms with E-state index in [1.165, 1.54) is 17.7 Å². The Morgan fingerprint density at radius 3 is 2.55 bits per heavy atom. The Balaban J connectivity index is 1.65. The van der Waals surface area contributed by atoms with Crippen molar-refractivity contribution in [1.29, 1.82) is 0 Å². The summed E-state index contributed by atoms with van der Waals surface area (Å²) in [5.41, 5.74) is 1.88. The Kier molecular flexibility index (Phi) is 4.14. The predicted molar refractivity (Wildman–Crippen MR) is 84.2 cm³/mol. The molecule has 1 N–H and O–H groups in total. The number of nitrogens with one attached hydrogen (secondary N) is 1. The van der Waals surface area contributed by atoms with Crippen LogP contribution in [0.3, 0.4) is 0 Å². The maximum Gasteiger partial charge on any atom is 0.251 e. The Hall–Kier alpha value is -2.69. The van der Waals surface area contributed by atoms with Crippen LogP contribution in [0.15, 0.2) is 59.6 Å². The highest BCUT2D eigenvalue weighted by Crippen LogP contribution is 2.13. The van der Waals surface area contributed by atoms with Crippen LogP contribution in [0.1, 0.15) is 5.56 Å². The summed E-state index contributed by atoms with van der Waals surface area (Å²) in [4.78, 5) is 17.8. The Bertz CT molecular complexity index is 683. The fourth-order valence-electron chi connectivity index (χ4n) is 2.32. The number of hydrogen-bond acceptors (Lipinski definition) is 3. The zero-order chi connectivity index (χ0) is 15.4.